The number of halogens is 2. The highest BCUT2D eigenvalue weighted by molar-refractivity contribution is 7.83. The number of hydrogen-bond donors (Lipinski definition) is 1. The number of aromatic nitrogens is 2. The highest BCUT2D eigenvalue weighted by Gasteiger charge is 2.28. The second-order valence-corrected chi connectivity index (χ2v) is 7.75. The molecule has 0 spiro atoms. The quantitative estimate of drug-likeness (QED) is 0.743. The number of rotatable bonds is 3. The van der Waals surface area contributed by atoms with Gasteiger partial charge in [0.15, 0.2) is 0 Å². The highest BCUT2D eigenvalue weighted by Crippen LogP contribution is 2.32. The molecule has 0 bridgehead atoms. The Bertz CT molecular complexity index is 1050. The van der Waals surface area contributed by atoms with Crippen molar-refractivity contribution in [1.29, 1.82) is 0 Å². The fraction of sp³-hybridized carbons (Fsp3) is 0.111. The lowest BCUT2D eigenvalue weighted by Crippen LogP contribution is -2.16. The Hall–Kier alpha value is -2.51. The summed E-state index contributed by atoms with van der Waals surface area (Å²) in [6, 6.07) is 12.5. The predicted octanol–water partition coefficient (Wildman–Crippen LogP) is 3.68. The Balaban J connectivity index is 1.77. The van der Waals surface area contributed by atoms with Crippen LogP contribution in [-0.4, -0.2) is 19.9 Å². The molecule has 5 nitrogen and oxygen atoms in total. The molecule has 0 aliphatic carbocycles. The first-order valence-electron chi connectivity index (χ1n) is 7.80. The molecule has 0 fully saturated rings. The minimum atomic E-state index is -1.04. The monoisotopic (exact) mass is 389 g/mol. The molecule has 1 N–H and O–H groups in total. The van der Waals surface area contributed by atoms with Crippen molar-refractivity contribution in [3.63, 3.8) is 0 Å². The zero-order valence-electron chi connectivity index (χ0n) is 13.4. The van der Waals surface area contributed by atoms with Crippen LogP contribution in [0.3, 0.4) is 0 Å². The normalized spacial score (nSPS) is 15.7. The molecule has 1 aromatic heterocycles. The minimum absolute atomic E-state index is 0.191. The van der Waals surface area contributed by atoms with Crippen molar-refractivity contribution in [2.75, 3.05) is 5.32 Å². The number of amides is 1. The zero-order valence-corrected chi connectivity index (χ0v) is 15.0. The maximum Gasteiger partial charge on any atom is 0.256 e. The van der Waals surface area contributed by atoms with E-state index in [0.717, 1.165) is 11.6 Å². The van der Waals surface area contributed by atoms with Crippen LogP contribution in [-0.2, 0) is 22.3 Å². The summed E-state index contributed by atoms with van der Waals surface area (Å²) in [5.74, 6) is 0.128. The average Bonchev–Trinajstić information content (AvgIpc) is 3.12. The molecule has 1 aliphatic heterocycles. The van der Waals surface area contributed by atoms with Gasteiger partial charge in [-0.15, -0.1) is 0 Å². The Morgan fingerprint density at radius 2 is 2.00 bits per heavy atom. The van der Waals surface area contributed by atoms with Gasteiger partial charge in [0, 0.05) is 26.9 Å². The maximum absolute atomic E-state index is 13.4. The summed E-state index contributed by atoms with van der Waals surface area (Å²) in [4.78, 5) is 12.6. The lowest BCUT2D eigenvalue weighted by Gasteiger charge is -2.11. The molecular weight excluding hydrogens is 377 g/mol. The molecule has 3 aromatic rings. The van der Waals surface area contributed by atoms with E-state index in [1.54, 1.807) is 22.9 Å². The van der Waals surface area contributed by atoms with E-state index in [9.17, 15) is 13.4 Å². The predicted molar refractivity (Wildman–Crippen MR) is 98.5 cm³/mol. The van der Waals surface area contributed by atoms with Crippen molar-refractivity contribution in [1.82, 2.24) is 9.78 Å². The third kappa shape index (κ3) is 3.15. The Morgan fingerprint density at radius 1 is 1.19 bits per heavy atom. The van der Waals surface area contributed by atoms with Crippen molar-refractivity contribution in [2.45, 2.75) is 11.5 Å². The van der Waals surface area contributed by atoms with Gasteiger partial charge in [-0.2, -0.15) is 5.10 Å². The van der Waals surface area contributed by atoms with Crippen LogP contribution in [0.1, 0.15) is 21.6 Å². The molecule has 0 unspecified atom stereocenters. The van der Waals surface area contributed by atoms with Gasteiger partial charge in [-0.25, -0.2) is 9.07 Å². The minimum Gasteiger partial charge on any atom is -0.306 e. The first-order chi connectivity index (χ1) is 12.5. The molecule has 26 heavy (non-hydrogen) atoms. The summed E-state index contributed by atoms with van der Waals surface area (Å²) in [5, 5.41) is 7.81. The van der Waals surface area contributed by atoms with E-state index < -0.39 is 22.5 Å². The number of carbonyl (C=O) groups excluding carboxylic acids is 1. The molecule has 2 aromatic carbocycles. The van der Waals surface area contributed by atoms with E-state index in [0.29, 0.717) is 33.7 Å². The van der Waals surface area contributed by atoms with Crippen LogP contribution in [0.25, 0.3) is 5.69 Å². The third-order valence-electron chi connectivity index (χ3n) is 4.04. The molecule has 4 rings (SSSR count). The van der Waals surface area contributed by atoms with Crippen LogP contribution >= 0.6 is 11.6 Å². The topological polar surface area (TPSA) is 64.0 Å². The van der Waals surface area contributed by atoms with E-state index in [4.69, 9.17) is 11.6 Å². The maximum atomic E-state index is 13.4. The third-order valence-corrected chi connectivity index (χ3v) is 5.48. The molecule has 1 aliphatic rings. The summed E-state index contributed by atoms with van der Waals surface area (Å²) < 4.78 is 26.9. The summed E-state index contributed by atoms with van der Waals surface area (Å²) in [6.07, 6.45) is 0. The zero-order chi connectivity index (χ0) is 18.3. The first-order valence-corrected chi connectivity index (χ1v) is 9.66. The number of hydrogen-bond acceptors (Lipinski definition) is 3. The van der Waals surface area contributed by atoms with E-state index in [1.165, 1.54) is 18.2 Å². The molecule has 0 saturated carbocycles. The second-order valence-electron chi connectivity index (χ2n) is 5.86. The SMILES string of the molecule is O=C(Nc1c2c(nn1-c1cccc(Cl)c1)C[S@@](=O)C2)c1cccc(F)c1. The van der Waals surface area contributed by atoms with Crippen molar-refractivity contribution >= 4 is 34.1 Å². The molecule has 2 heterocycles. The summed E-state index contributed by atoms with van der Waals surface area (Å²) in [5.41, 5.74) is 2.27. The number of anilines is 1. The molecule has 1 amide bonds. The molecule has 0 saturated heterocycles. The van der Waals surface area contributed by atoms with Crippen molar-refractivity contribution in [2.24, 2.45) is 0 Å². The lowest BCUT2D eigenvalue weighted by atomic mass is 10.2. The summed E-state index contributed by atoms with van der Waals surface area (Å²) in [6.45, 7) is 0. The summed E-state index contributed by atoms with van der Waals surface area (Å²) >= 11 is 6.06. The van der Waals surface area contributed by atoms with Gasteiger partial charge in [0.2, 0.25) is 0 Å². The van der Waals surface area contributed by atoms with Crippen molar-refractivity contribution in [3.05, 3.63) is 76.2 Å². The van der Waals surface area contributed by atoms with Gasteiger partial charge in [-0.05, 0) is 36.4 Å². The smallest absolute Gasteiger partial charge is 0.256 e. The summed E-state index contributed by atoms with van der Waals surface area (Å²) in [7, 11) is -1.04. The fourth-order valence-corrected chi connectivity index (χ4v) is 4.31. The van der Waals surface area contributed by atoms with E-state index >= 15 is 0 Å². The van der Waals surface area contributed by atoms with Gasteiger partial charge in [0.05, 0.1) is 22.9 Å². The van der Waals surface area contributed by atoms with Crippen LogP contribution < -0.4 is 5.32 Å². The van der Waals surface area contributed by atoms with Crippen LogP contribution in [0.4, 0.5) is 10.2 Å². The van der Waals surface area contributed by atoms with Gasteiger partial charge in [-0.1, -0.05) is 23.7 Å². The largest absolute Gasteiger partial charge is 0.306 e. The van der Waals surface area contributed by atoms with E-state index in [1.807, 2.05) is 6.07 Å². The molecule has 8 heteroatoms. The number of nitrogens with one attached hydrogen (secondary N) is 1. The first kappa shape index (κ1) is 16.9. The van der Waals surface area contributed by atoms with Gasteiger partial charge >= 0.3 is 0 Å². The van der Waals surface area contributed by atoms with Gasteiger partial charge < -0.3 is 5.32 Å². The Morgan fingerprint density at radius 3 is 2.77 bits per heavy atom. The van der Waals surface area contributed by atoms with E-state index in [-0.39, 0.29) is 5.56 Å². The Kier molecular flexibility index (Phi) is 4.34. The van der Waals surface area contributed by atoms with Crippen LogP contribution in [0.2, 0.25) is 5.02 Å². The Labute approximate surface area is 156 Å². The van der Waals surface area contributed by atoms with Crippen molar-refractivity contribution < 1.29 is 13.4 Å². The lowest BCUT2D eigenvalue weighted by molar-refractivity contribution is 0.102. The van der Waals surface area contributed by atoms with Crippen LogP contribution in [0, 0.1) is 5.82 Å². The van der Waals surface area contributed by atoms with Gasteiger partial charge in [0.1, 0.15) is 11.6 Å². The number of nitrogens with zero attached hydrogens (tertiary/aromatic N) is 2. The average molecular weight is 390 g/mol. The molecule has 132 valence electrons. The van der Waals surface area contributed by atoms with E-state index in [2.05, 4.69) is 10.4 Å². The standard InChI is InChI=1S/C18H13ClFN3O2S/c19-12-4-2-6-14(8-12)23-17(15-9-26(25)10-16(15)22-23)21-18(24)11-3-1-5-13(20)7-11/h1-8H,9-10H2,(H,21,24)/t26-/m0/s1. The number of carbonyl (C=O) groups is 1. The van der Waals surface area contributed by atoms with Crippen molar-refractivity contribution in [3.8, 4) is 5.69 Å². The highest BCUT2D eigenvalue weighted by atomic mass is 35.5. The second kappa shape index (κ2) is 6.66. The fourth-order valence-electron chi connectivity index (χ4n) is 2.86. The number of benzene rings is 2. The molecule has 0 radical (unpaired) electrons. The van der Waals surface area contributed by atoms with Gasteiger partial charge in [-0.3, -0.25) is 9.00 Å². The van der Waals surface area contributed by atoms with Crippen LogP contribution in [0.15, 0.2) is 48.5 Å². The van der Waals surface area contributed by atoms with Crippen LogP contribution in [0.5, 0.6) is 0 Å². The number of fused-ring (bicyclic) bond motifs is 1. The molecular formula is C18H13ClFN3O2S. The molecule has 1 atom stereocenters. The van der Waals surface area contributed by atoms with Gasteiger partial charge in [0.25, 0.3) is 5.91 Å².